The van der Waals surface area contributed by atoms with Crippen LogP contribution in [0.15, 0.2) is 15.8 Å². The van der Waals surface area contributed by atoms with Gasteiger partial charge >= 0.3 is 13.3 Å². The maximum absolute atomic E-state index is 12.6. The number of nitrogens with zero attached hydrogens (tertiary/aromatic N) is 1. The molecule has 0 spiro atoms. The molecule has 1 aromatic heterocycles. The van der Waals surface area contributed by atoms with Crippen molar-refractivity contribution in [2.24, 2.45) is 5.92 Å². The van der Waals surface area contributed by atoms with Crippen molar-refractivity contribution < 1.29 is 32.9 Å². The van der Waals surface area contributed by atoms with Gasteiger partial charge in [-0.3, -0.25) is 18.9 Å². The molecular weight excluding hydrogens is 407 g/mol. The van der Waals surface area contributed by atoms with E-state index in [1.54, 1.807) is 6.92 Å². The summed E-state index contributed by atoms with van der Waals surface area (Å²) in [7, 11) is 0.837. The fourth-order valence-corrected chi connectivity index (χ4v) is 5.57. The zero-order valence-electron chi connectivity index (χ0n) is 16.8. The van der Waals surface area contributed by atoms with Gasteiger partial charge in [0.05, 0.1) is 25.0 Å². The molecule has 0 amide bonds. The van der Waals surface area contributed by atoms with Crippen molar-refractivity contribution in [2.45, 2.75) is 43.5 Å². The molecule has 4 unspecified atom stereocenters. The van der Waals surface area contributed by atoms with E-state index in [-0.39, 0.29) is 19.1 Å². The van der Waals surface area contributed by atoms with E-state index in [9.17, 15) is 19.3 Å². The van der Waals surface area contributed by atoms with Gasteiger partial charge in [-0.1, -0.05) is 0 Å². The molecule has 1 saturated carbocycles. The number of aliphatic hydroxyl groups excluding tert-OH is 1. The molecule has 2 fully saturated rings. The highest BCUT2D eigenvalue weighted by molar-refractivity contribution is 7.55. The number of H-pyrrole nitrogens is 1. The number of aromatic amines is 1. The van der Waals surface area contributed by atoms with E-state index in [1.165, 1.54) is 32.1 Å². The van der Waals surface area contributed by atoms with Crippen molar-refractivity contribution in [1.82, 2.24) is 9.55 Å². The molecule has 3 rings (SSSR count). The van der Waals surface area contributed by atoms with Crippen LogP contribution >= 0.6 is 7.60 Å². The molecule has 1 aliphatic heterocycles. The second-order valence-electron chi connectivity index (χ2n) is 7.16. The first-order valence-corrected chi connectivity index (χ1v) is 10.9. The molecule has 2 N–H and O–H groups in total. The number of aromatic nitrogens is 2. The monoisotopic (exact) mass is 434 g/mol. The van der Waals surface area contributed by atoms with Gasteiger partial charge < -0.3 is 28.4 Å². The van der Waals surface area contributed by atoms with Gasteiger partial charge in [0.25, 0.3) is 5.56 Å². The summed E-state index contributed by atoms with van der Waals surface area (Å²) in [5.74, 6) is -0.284. The standard InChI is InChI=1S/C17H27N2O9P/c1-9-8-19(17(22)18-15(9)21)16-14(27-6-5-24-2)12(20)13(28-16)10-7-11(10)29(23,25-3)26-4/h8,10-14,16,20H,5-7H2,1-4H3,(H,18,21,22)/t10?,11?,12?,13-,14?,16-/m1/s1. The molecule has 1 aliphatic carbocycles. The maximum Gasteiger partial charge on any atom is 0.333 e. The van der Waals surface area contributed by atoms with Crippen LogP contribution in [0, 0.1) is 12.8 Å². The molecule has 12 heteroatoms. The largest absolute Gasteiger partial charge is 0.387 e. The molecule has 0 radical (unpaired) electrons. The zero-order valence-corrected chi connectivity index (χ0v) is 17.7. The molecule has 6 atom stereocenters. The minimum absolute atomic E-state index is 0.171. The molecule has 0 bridgehead atoms. The third-order valence-corrected chi connectivity index (χ3v) is 7.83. The molecular formula is C17H27N2O9P. The first kappa shape index (κ1) is 22.4. The third-order valence-electron chi connectivity index (χ3n) is 5.41. The lowest BCUT2D eigenvalue weighted by atomic mass is 10.1. The molecule has 164 valence electrons. The minimum atomic E-state index is -3.31. The highest BCUT2D eigenvalue weighted by atomic mass is 31.2. The second kappa shape index (κ2) is 8.81. The number of hydrogen-bond acceptors (Lipinski definition) is 9. The Labute approximate surface area is 167 Å². The summed E-state index contributed by atoms with van der Waals surface area (Å²) in [5.41, 5.74) is -1.27. The van der Waals surface area contributed by atoms with Crippen LogP contribution in [-0.2, 0) is 27.8 Å². The number of methoxy groups -OCH3 is 1. The molecule has 1 aromatic rings. The third kappa shape index (κ3) is 4.27. The Hall–Kier alpha value is -1.33. The smallest absolute Gasteiger partial charge is 0.333 e. The van der Waals surface area contributed by atoms with Crippen molar-refractivity contribution in [3.05, 3.63) is 32.6 Å². The molecule has 2 heterocycles. The average molecular weight is 434 g/mol. The maximum atomic E-state index is 12.6. The predicted molar refractivity (Wildman–Crippen MR) is 101 cm³/mol. The van der Waals surface area contributed by atoms with Gasteiger partial charge in [-0.2, -0.15) is 0 Å². The Morgan fingerprint density at radius 2 is 1.97 bits per heavy atom. The fourth-order valence-electron chi connectivity index (χ4n) is 3.74. The van der Waals surface area contributed by atoms with Gasteiger partial charge in [0.1, 0.15) is 12.2 Å². The van der Waals surface area contributed by atoms with Gasteiger partial charge in [0, 0.05) is 39.0 Å². The highest BCUT2D eigenvalue weighted by Gasteiger charge is 2.61. The number of ether oxygens (including phenoxy) is 3. The number of aryl methyl sites for hydroxylation is 1. The lowest BCUT2D eigenvalue weighted by Gasteiger charge is -2.22. The van der Waals surface area contributed by atoms with Crippen molar-refractivity contribution >= 4 is 7.60 Å². The topological polar surface area (TPSA) is 138 Å². The number of nitrogens with one attached hydrogen (secondary N) is 1. The lowest BCUT2D eigenvalue weighted by Crippen LogP contribution is -2.40. The van der Waals surface area contributed by atoms with Gasteiger partial charge in [-0.25, -0.2) is 4.79 Å². The summed E-state index contributed by atoms with van der Waals surface area (Å²) in [4.78, 5) is 26.3. The normalized spacial score (nSPS) is 31.9. The van der Waals surface area contributed by atoms with Crippen LogP contribution in [0.5, 0.6) is 0 Å². The SMILES string of the molecule is COCCOC1C(O)[C@@H](C2CC2P(=O)(OC)OC)O[C@H]1n1cc(C)c(=O)[nH]c1=O. The van der Waals surface area contributed by atoms with Crippen LogP contribution in [-0.4, -0.2) is 73.2 Å². The van der Waals surface area contributed by atoms with Crippen molar-refractivity contribution in [2.75, 3.05) is 34.5 Å². The van der Waals surface area contributed by atoms with Crippen LogP contribution in [0.2, 0.25) is 0 Å². The summed E-state index contributed by atoms with van der Waals surface area (Å²) >= 11 is 0. The molecule has 0 aromatic carbocycles. The Balaban J connectivity index is 1.88. The van der Waals surface area contributed by atoms with Crippen molar-refractivity contribution in [3.8, 4) is 0 Å². The number of hydrogen-bond donors (Lipinski definition) is 2. The highest BCUT2D eigenvalue weighted by Crippen LogP contribution is 2.66. The van der Waals surface area contributed by atoms with E-state index in [1.807, 2.05) is 0 Å². The molecule has 11 nitrogen and oxygen atoms in total. The van der Waals surface area contributed by atoms with Crippen molar-refractivity contribution in [3.63, 3.8) is 0 Å². The van der Waals surface area contributed by atoms with Crippen LogP contribution in [0.3, 0.4) is 0 Å². The minimum Gasteiger partial charge on any atom is -0.387 e. The van der Waals surface area contributed by atoms with Gasteiger partial charge in [0.15, 0.2) is 6.23 Å². The Morgan fingerprint density at radius 1 is 1.28 bits per heavy atom. The van der Waals surface area contributed by atoms with Gasteiger partial charge in [0.2, 0.25) is 0 Å². The van der Waals surface area contributed by atoms with E-state index >= 15 is 0 Å². The summed E-state index contributed by atoms with van der Waals surface area (Å²) in [6.45, 7) is 2.02. The quantitative estimate of drug-likeness (QED) is 0.406. The second-order valence-corrected chi connectivity index (χ2v) is 9.63. The Kier molecular flexibility index (Phi) is 6.79. The van der Waals surface area contributed by atoms with E-state index in [2.05, 4.69) is 4.98 Å². The van der Waals surface area contributed by atoms with Crippen molar-refractivity contribution in [1.29, 1.82) is 0 Å². The van der Waals surface area contributed by atoms with Crippen LogP contribution in [0.25, 0.3) is 0 Å². The average Bonchev–Trinajstić information content (AvgIpc) is 3.44. The fraction of sp³-hybridized carbons (Fsp3) is 0.765. The van der Waals surface area contributed by atoms with Crippen LogP contribution in [0.4, 0.5) is 0 Å². The summed E-state index contributed by atoms with van der Waals surface area (Å²) in [6.07, 6.45) is -1.83. The van der Waals surface area contributed by atoms with E-state index in [0.29, 0.717) is 12.0 Å². The Bertz CT molecular complexity index is 876. The predicted octanol–water partition coefficient (Wildman–Crippen LogP) is 0.00932. The summed E-state index contributed by atoms with van der Waals surface area (Å²) < 4.78 is 40.7. The molecule has 2 aliphatic rings. The number of aliphatic hydroxyl groups is 1. The van der Waals surface area contributed by atoms with E-state index < -0.39 is 49.0 Å². The first-order valence-electron chi connectivity index (χ1n) is 9.24. The summed E-state index contributed by atoms with van der Waals surface area (Å²) in [5, 5.41) is 10.9. The first-order chi connectivity index (χ1) is 13.8. The van der Waals surface area contributed by atoms with Crippen LogP contribution < -0.4 is 11.2 Å². The van der Waals surface area contributed by atoms with Gasteiger partial charge in [-0.15, -0.1) is 0 Å². The zero-order chi connectivity index (χ0) is 21.3. The molecule has 1 saturated heterocycles. The van der Waals surface area contributed by atoms with Gasteiger partial charge in [-0.05, 0) is 13.3 Å². The van der Waals surface area contributed by atoms with E-state index in [4.69, 9.17) is 23.3 Å². The molecule has 29 heavy (non-hydrogen) atoms. The number of rotatable bonds is 9. The van der Waals surface area contributed by atoms with Crippen LogP contribution in [0.1, 0.15) is 18.2 Å². The Morgan fingerprint density at radius 3 is 2.59 bits per heavy atom. The lowest BCUT2D eigenvalue weighted by molar-refractivity contribution is -0.0806. The summed E-state index contributed by atoms with van der Waals surface area (Å²) in [6, 6.07) is 0. The van der Waals surface area contributed by atoms with E-state index in [0.717, 1.165) is 0 Å².